The number of nitrogens with two attached hydrogens (primary N) is 1. The number of rotatable bonds is 8. The van der Waals surface area contributed by atoms with E-state index in [1.54, 1.807) is 26.0 Å². The fourth-order valence-corrected chi connectivity index (χ4v) is 2.72. The van der Waals surface area contributed by atoms with Crippen LogP contribution in [-0.2, 0) is 14.3 Å². The van der Waals surface area contributed by atoms with Crippen LogP contribution in [-0.4, -0.2) is 29.8 Å². The lowest BCUT2D eigenvalue weighted by Gasteiger charge is -2.19. The zero-order chi connectivity index (χ0) is 21.4. The molecular formula is C22H24N2O5. The lowest BCUT2D eigenvalue weighted by Crippen LogP contribution is -2.45. The number of primary amides is 1. The molecule has 0 saturated heterocycles. The van der Waals surface area contributed by atoms with Gasteiger partial charge in [-0.2, -0.15) is 0 Å². The number of benzene rings is 2. The molecule has 2 aromatic rings. The van der Waals surface area contributed by atoms with Crippen molar-refractivity contribution in [3.05, 3.63) is 60.2 Å². The number of Topliss-reactive ketones (excluding diaryl/α,β-unsaturated/α-hetero) is 1. The topological polar surface area (TPSA) is 116 Å². The third-order valence-corrected chi connectivity index (χ3v) is 4.24. The maximum absolute atomic E-state index is 12.3. The molecule has 0 aliphatic rings. The van der Waals surface area contributed by atoms with Gasteiger partial charge in [-0.25, -0.2) is 4.79 Å². The van der Waals surface area contributed by atoms with E-state index in [0.29, 0.717) is 5.56 Å². The maximum atomic E-state index is 12.3. The minimum atomic E-state index is -1.16. The number of hydrogen-bond acceptors (Lipinski definition) is 5. The molecule has 0 fully saturated rings. The SMILES string of the molecule is CC(C)[C@@H](OC(=O)CCC(=O)c1ccc(-c2ccccc2)cc1)C(=O)NC(N)=O. The summed E-state index contributed by atoms with van der Waals surface area (Å²) in [7, 11) is 0. The average molecular weight is 396 g/mol. The third kappa shape index (κ3) is 6.57. The van der Waals surface area contributed by atoms with Crippen LogP contribution in [0.5, 0.6) is 0 Å². The molecule has 0 spiro atoms. The van der Waals surface area contributed by atoms with Gasteiger partial charge in [0.05, 0.1) is 6.42 Å². The Bertz CT molecular complexity index is 876. The summed E-state index contributed by atoms with van der Waals surface area (Å²) in [5.41, 5.74) is 7.44. The zero-order valence-electron chi connectivity index (χ0n) is 16.4. The Morgan fingerprint density at radius 3 is 2.03 bits per heavy atom. The van der Waals surface area contributed by atoms with Gasteiger partial charge in [-0.1, -0.05) is 68.4 Å². The minimum Gasteiger partial charge on any atom is -0.452 e. The first-order valence-electron chi connectivity index (χ1n) is 9.26. The molecule has 2 rings (SSSR count). The van der Waals surface area contributed by atoms with Crippen LogP contribution < -0.4 is 11.1 Å². The highest BCUT2D eigenvalue weighted by Crippen LogP contribution is 2.20. The lowest BCUT2D eigenvalue weighted by molar-refractivity contribution is -0.158. The van der Waals surface area contributed by atoms with E-state index in [2.05, 4.69) is 0 Å². The van der Waals surface area contributed by atoms with Crippen LogP contribution in [0.3, 0.4) is 0 Å². The summed E-state index contributed by atoms with van der Waals surface area (Å²) in [4.78, 5) is 47.1. The molecule has 3 N–H and O–H groups in total. The molecule has 0 unspecified atom stereocenters. The molecule has 0 saturated carbocycles. The lowest BCUT2D eigenvalue weighted by atomic mass is 10.0. The van der Waals surface area contributed by atoms with E-state index < -0.39 is 24.0 Å². The van der Waals surface area contributed by atoms with Gasteiger partial charge in [0.15, 0.2) is 11.9 Å². The van der Waals surface area contributed by atoms with Gasteiger partial charge in [0.25, 0.3) is 5.91 Å². The van der Waals surface area contributed by atoms with Crippen molar-refractivity contribution in [2.75, 3.05) is 0 Å². The maximum Gasteiger partial charge on any atom is 0.318 e. The molecule has 0 aliphatic heterocycles. The van der Waals surface area contributed by atoms with Crippen LogP contribution in [0.4, 0.5) is 4.79 Å². The van der Waals surface area contributed by atoms with Crippen molar-refractivity contribution >= 4 is 23.7 Å². The Morgan fingerprint density at radius 2 is 1.48 bits per heavy atom. The van der Waals surface area contributed by atoms with E-state index >= 15 is 0 Å². The van der Waals surface area contributed by atoms with Crippen LogP contribution >= 0.6 is 0 Å². The highest BCUT2D eigenvalue weighted by molar-refractivity contribution is 5.99. The molecule has 0 radical (unpaired) electrons. The molecule has 152 valence electrons. The van der Waals surface area contributed by atoms with Crippen LogP contribution in [0.2, 0.25) is 0 Å². The van der Waals surface area contributed by atoms with Gasteiger partial charge in [-0.3, -0.25) is 19.7 Å². The summed E-state index contributed by atoms with van der Waals surface area (Å²) in [6, 6.07) is 15.9. The van der Waals surface area contributed by atoms with Crippen molar-refractivity contribution in [2.45, 2.75) is 32.8 Å². The number of carbonyl (C=O) groups excluding carboxylic acids is 4. The molecule has 1 atom stereocenters. The Morgan fingerprint density at radius 1 is 0.897 bits per heavy atom. The second kappa shape index (κ2) is 10.2. The standard InChI is InChI=1S/C22H24N2O5/c1-14(2)20(21(27)24-22(23)28)29-19(26)13-12-18(25)17-10-8-16(9-11-17)15-6-4-3-5-7-15/h3-11,14,20H,12-13H2,1-2H3,(H3,23,24,27,28)/t20-/m1/s1. The fourth-order valence-electron chi connectivity index (χ4n) is 2.72. The summed E-state index contributed by atoms with van der Waals surface area (Å²) in [6.45, 7) is 3.33. The molecule has 0 aromatic heterocycles. The first kappa shape index (κ1) is 21.8. The second-order valence-corrected chi connectivity index (χ2v) is 6.87. The van der Waals surface area contributed by atoms with E-state index in [-0.39, 0.29) is 24.5 Å². The number of esters is 1. The smallest absolute Gasteiger partial charge is 0.318 e. The molecule has 7 heteroatoms. The number of imide groups is 1. The molecule has 7 nitrogen and oxygen atoms in total. The van der Waals surface area contributed by atoms with Crippen molar-refractivity contribution in [1.29, 1.82) is 0 Å². The second-order valence-electron chi connectivity index (χ2n) is 6.87. The first-order chi connectivity index (χ1) is 13.8. The minimum absolute atomic E-state index is 0.0498. The van der Waals surface area contributed by atoms with Crippen molar-refractivity contribution in [3.63, 3.8) is 0 Å². The van der Waals surface area contributed by atoms with E-state index in [1.165, 1.54) is 0 Å². The molecule has 0 bridgehead atoms. The van der Waals surface area contributed by atoms with Gasteiger partial charge < -0.3 is 10.5 Å². The summed E-state index contributed by atoms with van der Waals surface area (Å²) in [6.07, 6.45) is -1.38. The summed E-state index contributed by atoms with van der Waals surface area (Å²) < 4.78 is 5.13. The van der Waals surface area contributed by atoms with Crippen molar-refractivity contribution in [1.82, 2.24) is 5.32 Å². The van der Waals surface area contributed by atoms with Gasteiger partial charge in [0.2, 0.25) is 0 Å². The van der Waals surface area contributed by atoms with Crippen molar-refractivity contribution in [2.24, 2.45) is 11.7 Å². The molecular weight excluding hydrogens is 372 g/mol. The van der Waals surface area contributed by atoms with Crippen molar-refractivity contribution in [3.8, 4) is 11.1 Å². The Labute approximate surface area is 169 Å². The third-order valence-electron chi connectivity index (χ3n) is 4.24. The van der Waals surface area contributed by atoms with Crippen LogP contribution in [0.15, 0.2) is 54.6 Å². The largest absolute Gasteiger partial charge is 0.452 e. The van der Waals surface area contributed by atoms with E-state index in [0.717, 1.165) is 11.1 Å². The molecule has 2 aromatic carbocycles. The number of urea groups is 1. The van der Waals surface area contributed by atoms with E-state index in [9.17, 15) is 19.2 Å². The van der Waals surface area contributed by atoms with E-state index in [4.69, 9.17) is 10.5 Å². The van der Waals surface area contributed by atoms with Crippen molar-refractivity contribution < 1.29 is 23.9 Å². The number of hydrogen-bond donors (Lipinski definition) is 2. The Kier molecular flexibility index (Phi) is 7.65. The molecule has 0 heterocycles. The number of amides is 3. The fraction of sp³-hybridized carbons (Fsp3) is 0.273. The van der Waals surface area contributed by atoms with Gasteiger partial charge >= 0.3 is 12.0 Å². The molecule has 0 aliphatic carbocycles. The summed E-state index contributed by atoms with van der Waals surface area (Å²) >= 11 is 0. The summed E-state index contributed by atoms with van der Waals surface area (Å²) in [5, 5.41) is 1.89. The summed E-state index contributed by atoms with van der Waals surface area (Å²) in [5.74, 6) is -2.05. The molecule has 29 heavy (non-hydrogen) atoms. The predicted octanol–water partition coefficient (Wildman–Crippen LogP) is 3.08. The number of ketones is 1. The van der Waals surface area contributed by atoms with E-state index in [1.807, 2.05) is 47.8 Å². The van der Waals surface area contributed by atoms with Crippen LogP contribution in [0, 0.1) is 5.92 Å². The number of ether oxygens (including phenoxy) is 1. The number of nitrogens with one attached hydrogen (secondary N) is 1. The monoisotopic (exact) mass is 396 g/mol. The van der Waals surface area contributed by atoms with Gasteiger partial charge in [0.1, 0.15) is 0 Å². The van der Waals surface area contributed by atoms with Crippen LogP contribution in [0.25, 0.3) is 11.1 Å². The Balaban J connectivity index is 1.91. The van der Waals surface area contributed by atoms with Gasteiger partial charge in [-0.05, 0) is 17.0 Å². The quantitative estimate of drug-likeness (QED) is 0.525. The van der Waals surface area contributed by atoms with Crippen LogP contribution in [0.1, 0.15) is 37.0 Å². The highest BCUT2D eigenvalue weighted by atomic mass is 16.5. The Hall–Kier alpha value is -3.48. The number of carbonyl (C=O) groups is 4. The first-order valence-corrected chi connectivity index (χ1v) is 9.26. The molecule has 3 amide bonds. The van der Waals surface area contributed by atoms with Gasteiger partial charge in [-0.15, -0.1) is 0 Å². The van der Waals surface area contributed by atoms with Gasteiger partial charge in [0, 0.05) is 12.0 Å². The normalized spacial score (nSPS) is 11.6. The highest BCUT2D eigenvalue weighted by Gasteiger charge is 2.27. The predicted molar refractivity (Wildman–Crippen MR) is 108 cm³/mol. The zero-order valence-corrected chi connectivity index (χ0v) is 16.4. The average Bonchev–Trinajstić information content (AvgIpc) is 2.70.